The van der Waals surface area contributed by atoms with Crippen LogP contribution in [0.1, 0.15) is 31.4 Å². The molecule has 8 heteroatoms. The van der Waals surface area contributed by atoms with Gasteiger partial charge >= 0.3 is 0 Å². The fourth-order valence-electron chi connectivity index (χ4n) is 3.55. The lowest BCUT2D eigenvalue weighted by atomic mass is 10.1. The molecule has 0 unspecified atom stereocenters. The van der Waals surface area contributed by atoms with E-state index in [0.717, 1.165) is 16.3 Å². The second-order valence-electron chi connectivity index (χ2n) is 7.17. The number of fused-ring (bicyclic) bond motifs is 1. The Kier molecular flexibility index (Phi) is 5.05. The molecule has 1 N–H and O–H groups in total. The van der Waals surface area contributed by atoms with Crippen LogP contribution in [0.15, 0.2) is 73.2 Å². The summed E-state index contributed by atoms with van der Waals surface area (Å²) in [5.74, 6) is -0.292. The molecule has 4 heterocycles. The molecule has 3 aromatic heterocycles. The Balaban J connectivity index is 1.27. The van der Waals surface area contributed by atoms with E-state index in [2.05, 4.69) is 15.3 Å². The van der Waals surface area contributed by atoms with Gasteiger partial charge in [0.2, 0.25) is 0 Å². The molecule has 5 rings (SSSR count). The number of rotatable bonds is 4. The summed E-state index contributed by atoms with van der Waals surface area (Å²) < 4.78 is 2.00. The first-order valence-corrected chi connectivity index (χ1v) is 10.7. The number of nitrogens with zero attached hydrogens (tertiary/aromatic N) is 4. The van der Waals surface area contributed by atoms with E-state index in [4.69, 9.17) is 0 Å². The van der Waals surface area contributed by atoms with Gasteiger partial charge in [-0.25, -0.2) is 4.98 Å². The Labute approximate surface area is 183 Å². The fraction of sp³-hybridized carbons (Fsp3) is 0.130. The van der Waals surface area contributed by atoms with Crippen LogP contribution in [0.5, 0.6) is 0 Å². The standard InChI is InChI=1S/C23H19N5O2S/c29-21(19-5-1-2-11-24-19)26-23-25-18-10-14-28(15-20(18)31-23)22(30)16-6-8-17(9-7-16)27-12-3-4-13-27/h1-9,11-13H,10,14-15H2,(H,25,26,29). The van der Waals surface area contributed by atoms with Gasteiger partial charge in [0.1, 0.15) is 5.69 Å². The van der Waals surface area contributed by atoms with Crippen molar-refractivity contribution in [2.45, 2.75) is 13.0 Å². The van der Waals surface area contributed by atoms with E-state index in [1.54, 1.807) is 24.4 Å². The smallest absolute Gasteiger partial charge is 0.276 e. The number of thiazole rings is 1. The minimum atomic E-state index is -0.289. The summed E-state index contributed by atoms with van der Waals surface area (Å²) in [5.41, 5.74) is 2.95. The van der Waals surface area contributed by atoms with Crippen LogP contribution in [0.25, 0.3) is 5.69 Å². The van der Waals surface area contributed by atoms with Crippen molar-refractivity contribution in [3.05, 3.63) is 95.0 Å². The zero-order chi connectivity index (χ0) is 21.2. The molecule has 1 aliphatic heterocycles. The highest BCUT2D eigenvalue weighted by atomic mass is 32.1. The maximum absolute atomic E-state index is 13.0. The summed E-state index contributed by atoms with van der Waals surface area (Å²) in [4.78, 5) is 36.8. The van der Waals surface area contributed by atoms with Crippen molar-refractivity contribution in [3.63, 3.8) is 0 Å². The van der Waals surface area contributed by atoms with Gasteiger partial charge < -0.3 is 9.47 Å². The number of pyridine rings is 1. The number of hydrogen-bond donors (Lipinski definition) is 1. The molecule has 0 spiro atoms. The first-order valence-electron chi connectivity index (χ1n) is 9.91. The first kappa shape index (κ1) is 19.2. The number of carbonyl (C=O) groups is 2. The van der Waals surface area contributed by atoms with Gasteiger partial charge in [0, 0.05) is 47.7 Å². The third kappa shape index (κ3) is 3.97. The van der Waals surface area contributed by atoms with Crippen molar-refractivity contribution in [1.29, 1.82) is 0 Å². The summed E-state index contributed by atoms with van der Waals surface area (Å²) >= 11 is 1.41. The van der Waals surface area contributed by atoms with E-state index in [1.807, 2.05) is 58.3 Å². The molecule has 1 aliphatic rings. The molecule has 0 atom stereocenters. The molecule has 2 amide bonds. The van der Waals surface area contributed by atoms with Crippen LogP contribution in [0.3, 0.4) is 0 Å². The zero-order valence-electron chi connectivity index (χ0n) is 16.6. The molecule has 0 saturated heterocycles. The molecule has 1 aromatic carbocycles. The maximum Gasteiger partial charge on any atom is 0.276 e. The third-order valence-electron chi connectivity index (χ3n) is 5.15. The molecule has 0 bridgehead atoms. The quantitative estimate of drug-likeness (QED) is 0.535. The normalized spacial score (nSPS) is 13.0. The van der Waals surface area contributed by atoms with Crippen molar-refractivity contribution in [2.24, 2.45) is 0 Å². The van der Waals surface area contributed by atoms with Gasteiger partial charge in [-0.3, -0.25) is 19.9 Å². The monoisotopic (exact) mass is 429 g/mol. The van der Waals surface area contributed by atoms with Gasteiger partial charge in [-0.1, -0.05) is 17.4 Å². The number of carbonyl (C=O) groups excluding carboxylic acids is 2. The van der Waals surface area contributed by atoms with E-state index < -0.39 is 0 Å². The predicted octanol–water partition coefficient (Wildman–Crippen LogP) is 3.78. The molecule has 31 heavy (non-hydrogen) atoms. The van der Waals surface area contributed by atoms with Crippen LogP contribution >= 0.6 is 11.3 Å². The molecule has 154 valence electrons. The number of anilines is 1. The SMILES string of the molecule is O=C(Nc1nc2c(s1)CN(C(=O)c1ccc(-n3cccc3)cc1)CC2)c1ccccn1. The Bertz CT molecular complexity index is 1220. The number of aromatic nitrogens is 3. The summed E-state index contributed by atoms with van der Waals surface area (Å²) in [6.07, 6.45) is 6.18. The second kappa shape index (κ2) is 8.16. The van der Waals surface area contributed by atoms with Crippen molar-refractivity contribution in [3.8, 4) is 5.69 Å². The van der Waals surface area contributed by atoms with E-state index in [0.29, 0.717) is 35.9 Å². The van der Waals surface area contributed by atoms with E-state index in [1.165, 1.54) is 11.3 Å². The van der Waals surface area contributed by atoms with E-state index >= 15 is 0 Å². The van der Waals surface area contributed by atoms with Crippen LogP contribution in [0, 0.1) is 0 Å². The number of amides is 2. The highest BCUT2D eigenvalue weighted by Crippen LogP contribution is 2.29. The van der Waals surface area contributed by atoms with Crippen molar-refractivity contribution < 1.29 is 9.59 Å². The minimum Gasteiger partial charge on any atom is -0.333 e. The molecule has 0 radical (unpaired) electrons. The van der Waals surface area contributed by atoms with Gasteiger partial charge in [-0.05, 0) is 48.5 Å². The average Bonchev–Trinajstić information content (AvgIpc) is 3.48. The maximum atomic E-state index is 13.0. The summed E-state index contributed by atoms with van der Waals surface area (Å²) in [7, 11) is 0. The zero-order valence-corrected chi connectivity index (χ0v) is 17.4. The van der Waals surface area contributed by atoms with Gasteiger partial charge in [-0.15, -0.1) is 0 Å². The van der Waals surface area contributed by atoms with Crippen LogP contribution < -0.4 is 5.32 Å². The largest absolute Gasteiger partial charge is 0.333 e. The van der Waals surface area contributed by atoms with Crippen LogP contribution in [-0.2, 0) is 13.0 Å². The fourth-order valence-corrected chi connectivity index (χ4v) is 4.56. The highest BCUT2D eigenvalue weighted by molar-refractivity contribution is 7.15. The molecule has 0 fully saturated rings. The Hall–Kier alpha value is -3.78. The lowest BCUT2D eigenvalue weighted by Crippen LogP contribution is -2.35. The number of nitrogens with one attached hydrogen (secondary N) is 1. The van der Waals surface area contributed by atoms with Crippen LogP contribution in [-0.4, -0.2) is 37.8 Å². The van der Waals surface area contributed by atoms with Crippen molar-refractivity contribution >= 4 is 28.3 Å². The Morgan fingerprint density at radius 3 is 2.55 bits per heavy atom. The Morgan fingerprint density at radius 1 is 1.00 bits per heavy atom. The van der Waals surface area contributed by atoms with Crippen LogP contribution in [0.4, 0.5) is 5.13 Å². The van der Waals surface area contributed by atoms with E-state index in [-0.39, 0.29) is 11.8 Å². The molecule has 4 aromatic rings. The minimum absolute atomic E-state index is 0.00261. The lowest BCUT2D eigenvalue weighted by molar-refractivity contribution is 0.0736. The highest BCUT2D eigenvalue weighted by Gasteiger charge is 2.25. The summed E-state index contributed by atoms with van der Waals surface area (Å²) in [6.45, 7) is 1.09. The number of benzene rings is 1. The molecule has 7 nitrogen and oxygen atoms in total. The average molecular weight is 430 g/mol. The molecular formula is C23H19N5O2S. The first-order chi connectivity index (χ1) is 15.2. The molecule has 0 saturated carbocycles. The Morgan fingerprint density at radius 2 is 1.81 bits per heavy atom. The summed E-state index contributed by atoms with van der Waals surface area (Å²) in [6, 6.07) is 16.7. The third-order valence-corrected chi connectivity index (χ3v) is 6.15. The molecular weight excluding hydrogens is 410 g/mol. The van der Waals surface area contributed by atoms with Crippen molar-refractivity contribution in [2.75, 3.05) is 11.9 Å². The van der Waals surface area contributed by atoms with Crippen molar-refractivity contribution in [1.82, 2.24) is 19.4 Å². The van der Waals surface area contributed by atoms with Crippen LogP contribution in [0.2, 0.25) is 0 Å². The lowest BCUT2D eigenvalue weighted by Gasteiger charge is -2.26. The van der Waals surface area contributed by atoms with Gasteiger partial charge in [0.25, 0.3) is 11.8 Å². The molecule has 0 aliphatic carbocycles. The summed E-state index contributed by atoms with van der Waals surface area (Å²) in [5, 5.41) is 3.34. The van der Waals surface area contributed by atoms with Gasteiger partial charge in [0.05, 0.1) is 12.2 Å². The predicted molar refractivity (Wildman–Crippen MR) is 119 cm³/mol. The number of hydrogen-bond acceptors (Lipinski definition) is 5. The van der Waals surface area contributed by atoms with Gasteiger partial charge in [-0.2, -0.15) is 0 Å². The topological polar surface area (TPSA) is 80.1 Å². The van der Waals surface area contributed by atoms with E-state index in [9.17, 15) is 9.59 Å². The van der Waals surface area contributed by atoms with Gasteiger partial charge in [0.15, 0.2) is 5.13 Å². The second-order valence-corrected chi connectivity index (χ2v) is 8.26.